The van der Waals surface area contributed by atoms with Gasteiger partial charge in [0.2, 0.25) is 13.6 Å². The fourth-order valence-corrected chi connectivity index (χ4v) is 8.07. The van der Waals surface area contributed by atoms with Crippen LogP contribution in [0.3, 0.4) is 0 Å². The zero-order chi connectivity index (χ0) is 50.2. The van der Waals surface area contributed by atoms with Gasteiger partial charge in [0, 0.05) is 43.4 Å². The summed E-state index contributed by atoms with van der Waals surface area (Å²) in [6, 6.07) is 3.07. The number of rotatable bonds is 14. The molecule has 2 unspecified atom stereocenters. The van der Waals surface area contributed by atoms with Crippen molar-refractivity contribution in [2.45, 2.75) is 129 Å². The molecule has 69 heavy (non-hydrogen) atoms. The van der Waals surface area contributed by atoms with E-state index in [-0.39, 0.29) is 61.6 Å². The molecule has 0 spiro atoms. The SMILES string of the molecule is COCOc1cc2c(c(/C=C/C[C@@H]3OC(C)(C)O[C@@H]3C(O)/C=C\[C@@H](C)[C@H](C)O)c1C(=O)O)OCO2.COCOc1cc2c(c3c1C(=O)O[C@@H](C)[C@H](C)/C=C\C(O)[C@H]1OC(C)(C)O[C@H]1CC=C3)OCO2. The van der Waals surface area contributed by atoms with Crippen LogP contribution in [0.1, 0.15) is 100 Å². The summed E-state index contributed by atoms with van der Waals surface area (Å²) in [5, 5.41) is 41.1. The maximum Gasteiger partial charge on any atom is 0.342 e. The quantitative estimate of drug-likeness (QED) is 0.0912. The second-order valence-electron chi connectivity index (χ2n) is 18.1. The highest BCUT2D eigenvalue weighted by molar-refractivity contribution is 5.99. The minimum atomic E-state index is -1.19. The summed E-state index contributed by atoms with van der Waals surface area (Å²) in [7, 11) is 2.93. The van der Waals surface area contributed by atoms with Gasteiger partial charge < -0.3 is 82.0 Å². The van der Waals surface area contributed by atoms with E-state index >= 15 is 0 Å². The maximum absolute atomic E-state index is 13.4. The highest BCUT2D eigenvalue weighted by atomic mass is 16.8. The van der Waals surface area contributed by atoms with E-state index < -0.39 is 72.3 Å². The molecule has 2 aromatic rings. The predicted molar refractivity (Wildman–Crippen MR) is 247 cm³/mol. The molecule has 4 N–H and O–H groups in total. The summed E-state index contributed by atoms with van der Waals surface area (Å²) in [5.41, 5.74) is 0.907. The molecule has 7 rings (SSSR count). The molecule has 10 atom stereocenters. The van der Waals surface area contributed by atoms with Crippen LogP contribution >= 0.6 is 0 Å². The molecule has 0 saturated carbocycles. The largest absolute Gasteiger partial charge is 0.478 e. The summed E-state index contributed by atoms with van der Waals surface area (Å²) in [6.45, 7) is 14.2. The van der Waals surface area contributed by atoms with Gasteiger partial charge >= 0.3 is 11.9 Å². The number of ether oxygens (including phenoxy) is 13. The van der Waals surface area contributed by atoms with E-state index in [1.807, 2.05) is 39.8 Å². The van der Waals surface area contributed by atoms with E-state index in [0.29, 0.717) is 47.0 Å². The van der Waals surface area contributed by atoms with Gasteiger partial charge in [-0.1, -0.05) is 62.5 Å². The van der Waals surface area contributed by atoms with E-state index in [1.165, 1.54) is 20.3 Å². The molecule has 5 aliphatic rings. The van der Waals surface area contributed by atoms with Gasteiger partial charge in [-0.2, -0.15) is 0 Å². The van der Waals surface area contributed by atoms with Crippen LogP contribution in [0.5, 0.6) is 34.5 Å². The second-order valence-corrected chi connectivity index (χ2v) is 18.1. The van der Waals surface area contributed by atoms with Gasteiger partial charge in [-0.15, -0.1) is 0 Å². The van der Waals surface area contributed by atoms with Crippen LogP contribution in [0.15, 0.2) is 48.6 Å². The molecule has 0 aliphatic carbocycles. The van der Waals surface area contributed by atoms with Crippen molar-refractivity contribution >= 4 is 24.1 Å². The third kappa shape index (κ3) is 13.2. The van der Waals surface area contributed by atoms with Crippen molar-refractivity contribution in [3.8, 4) is 34.5 Å². The first kappa shape index (κ1) is 53.1. The Balaban J connectivity index is 0.000000227. The minimum Gasteiger partial charge on any atom is -0.478 e. The van der Waals surface area contributed by atoms with E-state index in [4.69, 9.17) is 61.6 Å². The molecule has 2 saturated heterocycles. The Morgan fingerprint density at radius 1 is 0.855 bits per heavy atom. The number of carbonyl (C=O) groups excluding carboxylic acids is 1. The number of benzene rings is 2. The lowest BCUT2D eigenvalue weighted by Gasteiger charge is -2.23. The Morgan fingerprint density at radius 2 is 1.49 bits per heavy atom. The Bertz CT molecular complexity index is 2230. The first-order valence-corrected chi connectivity index (χ1v) is 22.8. The summed E-state index contributed by atoms with van der Waals surface area (Å²) < 4.78 is 73.1. The molecule has 19 heteroatoms. The highest BCUT2D eigenvalue weighted by Crippen LogP contribution is 2.46. The zero-order valence-corrected chi connectivity index (χ0v) is 40.7. The van der Waals surface area contributed by atoms with E-state index in [9.17, 15) is 30.0 Å². The fourth-order valence-electron chi connectivity index (χ4n) is 8.07. The number of hydrogen-bond acceptors (Lipinski definition) is 18. The average Bonchev–Trinajstić information content (AvgIpc) is 4.10. The van der Waals surface area contributed by atoms with Crippen molar-refractivity contribution in [2.75, 3.05) is 41.4 Å². The molecule has 19 nitrogen and oxygen atoms in total. The van der Waals surface area contributed by atoms with Crippen molar-refractivity contribution < 1.29 is 91.6 Å². The summed E-state index contributed by atoms with van der Waals surface area (Å²) in [5.74, 6) is -1.88. The van der Waals surface area contributed by atoms with Crippen LogP contribution in [0, 0.1) is 11.8 Å². The number of cyclic esters (lactones) is 1. The highest BCUT2D eigenvalue weighted by Gasteiger charge is 2.45. The van der Waals surface area contributed by atoms with Crippen LogP contribution in [0.4, 0.5) is 0 Å². The smallest absolute Gasteiger partial charge is 0.342 e. The number of aromatic carboxylic acids is 1. The standard InChI is InChI=1S/C25H34O10.C25H32O9/c1-14(15(2)26)9-10-17(27)23-18(34-25(3,4)35-23)8-6-7-16-21(24(28)29)19(31-12-30-5)11-20-22(16)33-13-32-20;1-14-9-10-17(26)23-18(33-25(3,4)34-23)8-6-7-16-21(24(27)32-15(14)2)19(29-12-28-5)11-20-22(16)31-13-30-20/h6-7,9-11,14-15,17-18,23,26-27H,8,12-13H2,1-5H3,(H,28,29);6-7,9-11,14-15,17-18,23,26H,8,12-13H2,1-5H3/b7-6+,10-9-;7-6?,10-9-/t2*14-,15+,17?,18+,23-/m11/s1. The molecule has 5 heterocycles. The van der Waals surface area contributed by atoms with Crippen molar-refractivity contribution in [2.24, 2.45) is 11.8 Å². The number of esters is 1. The lowest BCUT2D eigenvalue weighted by Crippen LogP contribution is -2.34. The summed E-state index contributed by atoms with van der Waals surface area (Å²) in [4.78, 5) is 25.4. The summed E-state index contributed by atoms with van der Waals surface area (Å²) >= 11 is 0. The Kier molecular flexibility index (Phi) is 17.8. The monoisotopic (exact) mass is 970 g/mol. The molecule has 2 aromatic carbocycles. The number of carbonyl (C=O) groups is 2. The first-order valence-electron chi connectivity index (χ1n) is 22.8. The third-order valence-electron chi connectivity index (χ3n) is 11.9. The molecule has 0 amide bonds. The number of aliphatic hydroxyl groups is 3. The average molecular weight is 971 g/mol. The number of methoxy groups -OCH3 is 2. The second kappa shape index (κ2) is 23.1. The van der Waals surface area contributed by atoms with Crippen LogP contribution in [-0.4, -0.2) is 134 Å². The number of carboxylic acid groups (broad SMARTS) is 1. The van der Waals surface area contributed by atoms with Crippen LogP contribution in [0.2, 0.25) is 0 Å². The van der Waals surface area contributed by atoms with Gasteiger partial charge in [-0.25, -0.2) is 9.59 Å². The van der Waals surface area contributed by atoms with Crippen molar-refractivity contribution in [3.05, 3.63) is 70.8 Å². The van der Waals surface area contributed by atoms with E-state index in [1.54, 1.807) is 70.2 Å². The number of fused-ring (bicyclic) bond motifs is 5. The predicted octanol–water partition coefficient (Wildman–Crippen LogP) is 6.39. The lowest BCUT2D eigenvalue weighted by atomic mass is 9.98. The van der Waals surface area contributed by atoms with Gasteiger partial charge in [0.25, 0.3) is 0 Å². The Labute approximate surface area is 402 Å². The summed E-state index contributed by atoms with van der Waals surface area (Å²) in [6.07, 6.45) is 9.56. The first-order chi connectivity index (χ1) is 32.7. The maximum atomic E-state index is 13.4. The third-order valence-corrected chi connectivity index (χ3v) is 11.9. The van der Waals surface area contributed by atoms with E-state index in [0.717, 1.165) is 0 Å². The van der Waals surface area contributed by atoms with Crippen molar-refractivity contribution in [1.29, 1.82) is 0 Å². The molecule has 0 bridgehead atoms. The lowest BCUT2D eigenvalue weighted by molar-refractivity contribution is -0.152. The topological polar surface area (TPSA) is 235 Å². The Morgan fingerprint density at radius 3 is 2.16 bits per heavy atom. The molecular weight excluding hydrogens is 905 g/mol. The molecular formula is C50H66O19. The molecule has 2 fully saturated rings. The van der Waals surface area contributed by atoms with Crippen molar-refractivity contribution in [3.63, 3.8) is 0 Å². The van der Waals surface area contributed by atoms with Gasteiger partial charge in [-0.05, 0) is 60.3 Å². The number of hydrogen-bond donors (Lipinski definition) is 4. The molecule has 5 aliphatic heterocycles. The number of aliphatic hydroxyl groups excluding tert-OH is 3. The van der Waals surface area contributed by atoms with Crippen LogP contribution in [0.25, 0.3) is 12.2 Å². The molecule has 380 valence electrons. The molecule has 0 aromatic heterocycles. The van der Waals surface area contributed by atoms with Crippen LogP contribution < -0.4 is 28.4 Å². The normalized spacial score (nSPS) is 27.4. The molecule has 0 radical (unpaired) electrons. The van der Waals surface area contributed by atoms with Crippen molar-refractivity contribution in [1.82, 2.24) is 0 Å². The van der Waals surface area contributed by atoms with Gasteiger partial charge in [0.1, 0.15) is 53.1 Å². The van der Waals surface area contributed by atoms with Gasteiger partial charge in [0.15, 0.2) is 48.2 Å². The fraction of sp³-hybridized carbons (Fsp3) is 0.560. The zero-order valence-electron chi connectivity index (χ0n) is 40.7. The van der Waals surface area contributed by atoms with E-state index in [2.05, 4.69) is 0 Å². The number of carboxylic acids is 1. The van der Waals surface area contributed by atoms with Gasteiger partial charge in [-0.3, -0.25) is 0 Å². The Hall–Kier alpha value is -5.22. The van der Waals surface area contributed by atoms with Gasteiger partial charge in [0.05, 0.1) is 18.3 Å². The van der Waals surface area contributed by atoms with Crippen LogP contribution in [-0.2, 0) is 33.2 Å². The minimum absolute atomic E-state index is 0.0264.